The van der Waals surface area contributed by atoms with Crippen molar-refractivity contribution in [2.75, 3.05) is 6.54 Å². The molecule has 0 bridgehead atoms. The largest absolute Gasteiger partial charge is 0.508 e. The molecule has 94 valence electrons. The minimum atomic E-state index is -0.356. The summed E-state index contributed by atoms with van der Waals surface area (Å²) < 4.78 is 13.2. The molecular weight excluding hydrogens is 217 g/mol. The molecule has 0 aliphatic carbocycles. The van der Waals surface area contributed by atoms with Crippen molar-refractivity contribution in [1.82, 2.24) is 4.90 Å². The second kappa shape index (κ2) is 5.50. The van der Waals surface area contributed by atoms with E-state index in [0.717, 1.165) is 31.1 Å². The van der Waals surface area contributed by atoms with Crippen molar-refractivity contribution in [2.45, 2.75) is 45.2 Å². The van der Waals surface area contributed by atoms with Crippen LogP contribution in [-0.2, 0) is 6.54 Å². The van der Waals surface area contributed by atoms with Crippen molar-refractivity contribution in [3.05, 3.63) is 29.6 Å². The van der Waals surface area contributed by atoms with Crippen LogP contribution in [-0.4, -0.2) is 22.6 Å². The van der Waals surface area contributed by atoms with Crippen molar-refractivity contribution in [3.63, 3.8) is 0 Å². The number of halogens is 1. The number of nitrogens with zero attached hydrogens (tertiary/aromatic N) is 1. The number of rotatable bonds is 3. The van der Waals surface area contributed by atoms with Gasteiger partial charge in [-0.15, -0.1) is 0 Å². The third-order valence-corrected chi connectivity index (χ3v) is 3.55. The number of aromatic hydroxyl groups is 1. The Morgan fingerprint density at radius 3 is 2.88 bits per heavy atom. The summed E-state index contributed by atoms with van der Waals surface area (Å²) in [6.07, 6.45) is 4.89. The molecule has 1 aromatic rings. The lowest BCUT2D eigenvalue weighted by atomic mass is 9.99. The monoisotopic (exact) mass is 237 g/mol. The molecule has 3 heteroatoms. The van der Waals surface area contributed by atoms with Gasteiger partial charge in [-0.25, -0.2) is 4.39 Å². The molecule has 17 heavy (non-hydrogen) atoms. The summed E-state index contributed by atoms with van der Waals surface area (Å²) in [7, 11) is 0. The summed E-state index contributed by atoms with van der Waals surface area (Å²) >= 11 is 0. The Hall–Kier alpha value is -1.09. The van der Waals surface area contributed by atoms with Gasteiger partial charge in [0.15, 0.2) is 0 Å². The highest BCUT2D eigenvalue weighted by molar-refractivity contribution is 5.28. The molecule has 0 saturated carbocycles. The zero-order chi connectivity index (χ0) is 12.3. The summed E-state index contributed by atoms with van der Waals surface area (Å²) in [5.41, 5.74) is 0.864. The van der Waals surface area contributed by atoms with Crippen LogP contribution < -0.4 is 0 Å². The highest BCUT2D eigenvalue weighted by Crippen LogP contribution is 2.23. The van der Waals surface area contributed by atoms with Gasteiger partial charge in [0.1, 0.15) is 11.6 Å². The van der Waals surface area contributed by atoms with Gasteiger partial charge in [0.05, 0.1) is 0 Å². The molecule has 1 aromatic carbocycles. The summed E-state index contributed by atoms with van der Waals surface area (Å²) in [6, 6.07) is 4.93. The van der Waals surface area contributed by atoms with Crippen LogP contribution in [0.15, 0.2) is 18.2 Å². The van der Waals surface area contributed by atoms with Gasteiger partial charge < -0.3 is 5.11 Å². The molecule has 1 N–H and O–H groups in total. The molecule has 1 saturated heterocycles. The lowest BCUT2D eigenvalue weighted by Crippen LogP contribution is -2.38. The van der Waals surface area contributed by atoms with E-state index in [9.17, 15) is 9.50 Å². The number of phenolic OH excluding ortho intramolecular Hbond substituents is 1. The fourth-order valence-electron chi connectivity index (χ4n) is 2.69. The Bertz CT molecular complexity index is 360. The van der Waals surface area contributed by atoms with E-state index in [1.807, 2.05) is 0 Å². The minimum Gasteiger partial charge on any atom is -0.508 e. The third-order valence-electron chi connectivity index (χ3n) is 3.55. The highest BCUT2D eigenvalue weighted by Gasteiger charge is 2.20. The molecule has 2 rings (SSSR count). The zero-order valence-electron chi connectivity index (χ0n) is 10.3. The van der Waals surface area contributed by atoms with Crippen LogP contribution in [0.25, 0.3) is 0 Å². The number of phenols is 1. The van der Waals surface area contributed by atoms with Gasteiger partial charge in [-0.2, -0.15) is 0 Å². The van der Waals surface area contributed by atoms with E-state index in [0.29, 0.717) is 6.04 Å². The van der Waals surface area contributed by atoms with Gasteiger partial charge >= 0.3 is 0 Å². The first-order valence-corrected chi connectivity index (χ1v) is 6.41. The topological polar surface area (TPSA) is 23.5 Å². The molecular formula is C14H20FNO. The lowest BCUT2D eigenvalue weighted by Gasteiger charge is -2.35. The van der Waals surface area contributed by atoms with E-state index in [-0.39, 0.29) is 11.6 Å². The average Bonchev–Trinajstić information content (AvgIpc) is 2.28. The van der Waals surface area contributed by atoms with Crippen molar-refractivity contribution in [1.29, 1.82) is 0 Å². The predicted molar refractivity (Wildman–Crippen MR) is 66.4 cm³/mol. The van der Waals surface area contributed by atoms with E-state index in [4.69, 9.17) is 0 Å². The van der Waals surface area contributed by atoms with Gasteiger partial charge in [-0.1, -0.05) is 13.3 Å². The molecule has 1 unspecified atom stereocenters. The van der Waals surface area contributed by atoms with Crippen LogP contribution >= 0.6 is 0 Å². The summed E-state index contributed by atoms with van der Waals surface area (Å²) in [5.74, 6) is -0.338. The van der Waals surface area contributed by atoms with Crippen LogP contribution in [0.3, 0.4) is 0 Å². The Morgan fingerprint density at radius 1 is 1.35 bits per heavy atom. The van der Waals surface area contributed by atoms with Crippen molar-refractivity contribution < 1.29 is 9.50 Å². The number of hydrogen-bond donors (Lipinski definition) is 1. The number of hydrogen-bond acceptors (Lipinski definition) is 2. The Morgan fingerprint density at radius 2 is 2.18 bits per heavy atom. The fourth-order valence-corrected chi connectivity index (χ4v) is 2.69. The van der Waals surface area contributed by atoms with Crippen LogP contribution in [0, 0.1) is 5.82 Å². The van der Waals surface area contributed by atoms with Crippen LogP contribution in [0.1, 0.15) is 38.2 Å². The number of benzene rings is 1. The van der Waals surface area contributed by atoms with Crippen molar-refractivity contribution >= 4 is 0 Å². The smallest absolute Gasteiger partial charge is 0.127 e. The van der Waals surface area contributed by atoms with Crippen LogP contribution in [0.5, 0.6) is 5.75 Å². The molecule has 0 amide bonds. The predicted octanol–water partition coefficient (Wildman–Crippen LogP) is 3.30. The molecule has 2 nitrogen and oxygen atoms in total. The van der Waals surface area contributed by atoms with Gasteiger partial charge in [0.2, 0.25) is 0 Å². The van der Waals surface area contributed by atoms with Gasteiger partial charge in [0, 0.05) is 18.7 Å². The SMILES string of the molecule is CCC1CCCCN1Cc1cc(O)cc(F)c1. The first-order chi connectivity index (χ1) is 8.19. The van der Waals surface area contributed by atoms with E-state index < -0.39 is 0 Å². The van der Waals surface area contributed by atoms with Gasteiger partial charge in [0.25, 0.3) is 0 Å². The summed E-state index contributed by atoms with van der Waals surface area (Å²) in [5, 5.41) is 9.39. The number of piperidine rings is 1. The maximum Gasteiger partial charge on any atom is 0.127 e. The summed E-state index contributed by atoms with van der Waals surface area (Å²) in [4.78, 5) is 2.40. The Labute approximate surface area is 102 Å². The Balaban J connectivity index is 2.08. The molecule has 1 atom stereocenters. The average molecular weight is 237 g/mol. The maximum absolute atomic E-state index is 13.2. The Kier molecular flexibility index (Phi) is 4.00. The molecule has 1 fully saturated rings. The highest BCUT2D eigenvalue weighted by atomic mass is 19.1. The van der Waals surface area contributed by atoms with Crippen molar-refractivity contribution in [3.8, 4) is 5.75 Å². The normalized spacial score (nSPS) is 21.6. The minimum absolute atomic E-state index is 0.0186. The van der Waals surface area contributed by atoms with E-state index in [2.05, 4.69) is 11.8 Å². The molecule has 0 spiro atoms. The third kappa shape index (κ3) is 3.19. The van der Waals surface area contributed by atoms with Crippen LogP contribution in [0.4, 0.5) is 4.39 Å². The molecule has 0 radical (unpaired) electrons. The second-order valence-corrected chi connectivity index (χ2v) is 4.85. The van der Waals surface area contributed by atoms with Crippen LogP contribution in [0.2, 0.25) is 0 Å². The first-order valence-electron chi connectivity index (χ1n) is 6.41. The molecule has 1 heterocycles. The quantitative estimate of drug-likeness (QED) is 0.872. The molecule has 1 aliphatic heterocycles. The fraction of sp³-hybridized carbons (Fsp3) is 0.571. The molecule has 1 aliphatic rings. The van der Waals surface area contributed by atoms with E-state index >= 15 is 0 Å². The zero-order valence-corrected chi connectivity index (χ0v) is 10.3. The first kappa shape index (κ1) is 12.4. The standard InChI is InChI=1S/C14H20FNO/c1-2-13-5-3-4-6-16(13)10-11-7-12(15)9-14(17)8-11/h7-9,13,17H,2-6,10H2,1H3. The maximum atomic E-state index is 13.2. The van der Waals surface area contributed by atoms with Crippen molar-refractivity contribution in [2.24, 2.45) is 0 Å². The second-order valence-electron chi connectivity index (χ2n) is 4.85. The lowest BCUT2D eigenvalue weighted by molar-refractivity contribution is 0.136. The summed E-state index contributed by atoms with van der Waals surface area (Å²) in [6.45, 7) is 4.02. The van der Waals surface area contributed by atoms with E-state index in [1.165, 1.54) is 25.3 Å². The van der Waals surface area contributed by atoms with Gasteiger partial charge in [-0.3, -0.25) is 4.90 Å². The molecule has 0 aromatic heterocycles. The number of likely N-dealkylation sites (tertiary alicyclic amines) is 1. The van der Waals surface area contributed by atoms with Gasteiger partial charge in [-0.05, 0) is 43.5 Å². The van der Waals surface area contributed by atoms with E-state index in [1.54, 1.807) is 6.07 Å².